The minimum Gasteiger partial charge on any atom is -0.309 e. The van der Waals surface area contributed by atoms with Crippen LogP contribution in [0.3, 0.4) is 0 Å². The van der Waals surface area contributed by atoms with Gasteiger partial charge in [0.15, 0.2) is 0 Å². The minimum absolute atomic E-state index is 0.0603. The van der Waals surface area contributed by atoms with Crippen LogP contribution in [0.25, 0.3) is 177 Å². The second-order valence-corrected chi connectivity index (χ2v) is 27.9. The summed E-state index contributed by atoms with van der Waals surface area (Å²) in [7, 11) is 0. The van der Waals surface area contributed by atoms with Gasteiger partial charge < -0.3 is 18.3 Å². The van der Waals surface area contributed by atoms with E-state index in [1.807, 2.05) is 0 Å². The predicted molar refractivity (Wildman–Crippen MR) is 435 cm³/mol. The van der Waals surface area contributed by atoms with E-state index >= 15 is 0 Å². The van der Waals surface area contributed by atoms with E-state index in [0.29, 0.717) is 0 Å². The minimum atomic E-state index is -0.0603. The van der Waals surface area contributed by atoms with E-state index in [4.69, 9.17) is 0 Å². The highest BCUT2D eigenvalue weighted by Crippen LogP contribution is 2.52. The summed E-state index contributed by atoms with van der Waals surface area (Å²) >= 11 is 0. The first kappa shape index (κ1) is 59.7. The van der Waals surface area contributed by atoms with Crippen molar-refractivity contribution in [3.8, 4) is 89.5 Å². The standard InChI is InChI=1S/C51H36N2.C48H32N2/c1-51(2)45-20-9-6-15-39(45)42-19-12-18-38(50(42)51)33-23-27-37(28-24-33)53-47-22-11-8-17-41(47)44-32-35(26-30-49(44)53)34-25-29-48-43(31-34)40-16-7-10-21-46(40)52(48)36-13-4-3-5-14-36;1-4-12-33(13-5-1)35-20-25-40(26-21-35)50-47-29-24-37(31-44(47)42-27-22-38(32-48(42)50)34-14-6-2-7-15-34)36-23-28-46-43(30-36)41-18-10-11-19-45(41)49(46)39-16-8-3-9-17-39/h3-32H,1-2H3;1-32H. The molecule has 0 amide bonds. The molecule has 4 heterocycles. The number of nitrogens with zero attached hydrogens (tertiary/aromatic N) is 4. The van der Waals surface area contributed by atoms with E-state index in [1.54, 1.807) is 0 Å². The van der Waals surface area contributed by atoms with E-state index in [-0.39, 0.29) is 5.41 Å². The van der Waals surface area contributed by atoms with Gasteiger partial charge in [0, 0.05) is 71.3 Å². The number of rotatable bonds is 9. The molecule has 0 saturated heterocycles. The van der Waals surface area contributed by atoms with Crippen molar-refractivity contribution in [3.63, 3.8) is 0 Å². The zero-order chi connectivity index (χ0) is 68.3. The van der Waals surface area contributed by atoms with Crippen LogP contribution in [0.5, 0.6) is 0 Å². The Kier molecular flexibility index (Phi) is 13.9. The van der Waals surface area contributed by atoms with Crippen LogP contribution < -0.4 is 0 Å². The highest BCUT2D eigenvalue weighted by Gasteiger charge is 2.37. The van der Waals surface area contributed by atoms with Crippen molar-refractivity contribution >= 4 is 87.2 Å². The van der Waals surface area contributed by atoms with Crippen molar-refractivity contribution in [2.45, 2.75) is 19.3 Å². The molecule has 4 nitrogen and oxygen atoms in total. The third-order valence-electron chi connectivity index (χ3n) is 21.8. The van der Waals surface area contributed by atoms with Crippen LogP contribution in [-0.2, 0) is 5.41 Å². The molecular formula is C99H68N4. The summed E-state index contributed by atoms with van der Waals surface area (Å²) in [5.74, 6) is 0. The molecule has 20 aromatic rings. The number of fused-ring (bicyclic) bond motifs is 15. The zero-order valence-corrected chi connectivity index (χ0v) is 57.1. The Morgan fingerprint density at radius 3 is 0.922 bits per heavy atom. The van der Waals surface area contributed by atoms with Crippen LogP contribution in [0.2, 0.25) is 0 Å². The largest absolute Gasteiger partial charge is 0.309 e. The van der Waals surface area contributed by atoms with E-state index in [2.05, 4.69) is 408 Å². The lowest BCUT2D eigenvalue weighted by atomic mass is 9.79. The van der Waals surface area contributed by atoms with Crippen molar-refractivity contribution < 1.29 is 0 Å². The lowest BCUT2D eigenvalue weighted by molar-refractivity contribution is 0.662. The van der Waals surface area contributed by atoms with E-state index in [0.717, 1.165) is 11.4 Å². The van der Waals surface area contributed by atoms with Crippen LogP contribution in [0, 0.1) is 0 Å². The molecule has 0 aliphatic heterocycles. The first-order chi connectivity index (χ1) is 50.9. The second-order valence-electron chi connectivity index (χ2n) is 27.9. The Morgan fingerprint density at radius 2 is 0.466 bits per heavy atom. The van der Waals surface area contributed by atoms with Crippen molar-refractivity contribution in [2.75, 3.05) is 0 Å². The van der Waals surface area contributed by atoms with Crippen molar-refractivity contribution in [2.24, 2.45) is 0 Å². The number of hydrogen-bond donors (Lipinski definition) is 0. The monoisotopic (exact) mass is 1310 g/mol. The number of hydrogen-bond acceptors (Lipinski definition) is 0. The average Bonchev–Trinajstić information content (AvgIpc) is 1.59. The third-order valence-corrected chi connectivity index (χ3v) is 21.8. The summed E-state index contributed by atoms with van der Waals surface area (Å²) in [6.07, 6.45) is 0. The van der Waals surface area contributed by atoms with Gasteiger partial charge in [-0.15, -0.1) is 0 Å². The van der Waals surface area contributed by atoms with Crippen molar-refractivity contribution in [1.29, 1.82) is 0 Å². The highest BCUT2D eigenvalue weighted by molar-refractivity contribution is 6.15. The first-order valence-electron chi connectivity index (χ1n) is 35.7. The molecule has 103 heavy (non-hydrogen) atoms. The van der Waals surface area contributed by atoms with Gasteiger partial charge in [0.05, 0.1) is 44.1 Å². The predicted octanol–water partition coefficient (Wildman–Crippen LogP) is 26.4. The normalized spacial score (nSPS) is 12.4. The fourth-order valence-electron chi connectivity index (χ4n) is 17.0. The van der Waals surface area contributed by atoms with Crippen molar-refractivity contribution in [1.82, 2.24) is 18.3 Å². The van der Waals surface area contributed by atoms with Gasteiger partial charge in [0.25, 0.3) is 0 Å². The van der Waals surface area contributed by atoms with Gasteiger partial charge in [-0.2, -0.15) is 0 Å². The number of para-hydroxylation sites is 5. The summed E-state index contributed by atoms with van der Waals surface area (Å²) in [5.41, 5.74) is 32.1. The van der Waals surface area contributed by atoms with E-state index in [1.165, 1.54) is 176 Å². The lowest BCUT2D eigenvalue weighted by Crippen LogP contribution is -2.16. The van der Waals surface area contributed by atoms with E-state index < -0.39 is 0 Å². The summed E-state index contributed by atoms with van der Waals surface area (Å²) in [6.45, 7) is 4.73. The fourth-order valence-corrected chi connectivity index (χ4v) is 17.0. The summed E-state index contributed by atoms with van der Waals surface area (Å²) < 4.78 is 9.59. The summed E-state index contributed by atoms with van der Waals surface area (Å²) in [5, 5.41) is 10.1. The molecule has 0 atom stereocenters. The van der Waals surface area contributed by atoms with Crippen LogP contribution in [0.4, 0.5) is 0 Å². The molecule has 0 unspecified atom stereocenters. The molecule has 0 spiro atoms. The second kappa shape index (κ2) is 24.0. The molecule has 0 bridgehead atoms. The highest BCUT2D eigenvalue weighted by atomic mass is 15.0. The molecule has 484 valence electrons. The average molecular weight is 1310 g/mol. The smallest absolute Gasteiger partial charge is 0.0547 e. The number of benzene rings is 16. The van der Waals surface area contributed by atoms with Crippen LogP contribution in [0.1, 0.15) is 25.0 Å². The van der Waals surface area contributed by atoms with Gasteiger partial charge in [-0.3, -0.25) is 0 Å². The maximum Gasteiger partial charge on any atom is 0.0547 e. The first-order valence-corrected chi connectivity index (χ1v) is 35.7. The molecule has 1 aliphatic rings. The van der Waals surface area contributed by atoms with E-state index in [9.17, 15) is 0 Å². The van der Waals surface area contributed by atoms with Gasteiger partial charge in [-0.25, -0.2) is 0 Å². The van der Waals surface area contributed by atoms with Crippen LogP contribution >= 0.6 is 0 Å². The van der Waals surface area contributed by atoms with Gasteiger partial charge >= 0.3 is 0 Å². The molecule has 4 aromatic heterocycles. The zero-order valence-electron chi connectivity index (χ0n) is 57.1. The fraction of sp³-hybridized carbons (Fsp3) is 0.0303. The molecule has 0 saturated carbocycles. The third kappa shape index (κ3) is 9.74. The Morgan fingerprint density at radius 1 is 0.175 bits per heavy atom. The topological polar surface area (TPSA) is 19.7 Å². The quantitative estimate of drug-likeness (QED) is 0.137. The maximum atomic E-state index is 2.42. The Hall–Kier alpha value is -13.3. The van der Waals surface area contributed by atoms with Crippen LogP contribution in [0.15, 0.2) is 376 Å². The van der Waals surface area contributed by atoms with Gasteiger partial charge in [-0.1, -0.05) is 269 Å². The van der Waals surface area contributed by atoms with Crippen molar-refractivity contribution in [3.05, 3.63) is 387 Å². The molecule has 0 N–H and O–H groups in total. The molecular weight excluding hydrogens is 1250 g/mol. The molecule has 21 rings (SSSR count). The van der Waals surface area contributed by atoms with Gasteiger partial charge in [-0.05, 0) is 199 Å². The van der Waals surface area contributed by atoms with Crippen LogP contribution in [-0.4, -0.2) is 18.3 Å². The molecule has 16 aromatic carbocycles. The molecule has 4 heteroatoms. The molecule has 0 fully saturated rings. The Labute approximate surface area is 597 Å². The lowest BCUT2D eigenvalue weighted by Gasteiger charge is -2.24. The van der Waals surface area contributed by atoms with Gasteiger partial charge in [0.2, 0.25) is 0 Å². The summed E-state index contributed by atoms with van der Waals surface area (Å²) in [4.78, 5) is 0. The van der Waals surface area contributed by atoms with Gasteiger partial charge in [0.1, 0.15) is 0 Å². The Balaban J connectivity index is 0.000000138. The Bertz CT molecular complexity index is 6710. The number of aromatic nitrogens is 4. The maximum absolute atomic E-state index is 2.42. The SMILES string of the molecule is CC1(C)c2ccccc2-c2cccc(-c3ccc(-n4c5ccccc5c5cc(-c6ccc7c(c6)c6ccccc6n7-c6ccccc6)ccc54)cc3)c21.c1ccc(-c2ccc(-n3c4ccc(-c5ccc6c(c5)c5ccccc5n6-c5ccccc5)cc4c4ccc(-c5ccccc5)cc43)cc2)cc1. The summed E-state index contributed by atoms with van der Waals surface area (Å²) in [6, 6.07) is 137. The molecule has 1 aliphatic carbocycles. The molecule has 0 radical (unpaired) electrons.